The van der Waals surface area contributed by atoms with Crippen molar-refractivity contribution in [1.29, 1.82) is 0 Å². The van der Waals surface area contributed by atoms with Gasteiger partial charge in [-0.15, -0.1) is 11.3 Å². The van der Waals surface area contributed by atoms with E-state index >= 15 is 0 Å². The molecule has 2 aromatic heterocycles. The fourth-order valence-corrected chi connectivity index (χ4v) is 6.18. The van der Waals surface area contributed by atoms with Crippen LogP contribution in [-0.4, -0.2) is 42.6 Å². The second-order valence-electron chi connectivity index (χ2n) is 7.60. The van der Waals surface area contributed by atoms with Gasteiger partial charge in [0.05, 0.1) is 6.26 Å². The first kappa shape index (κ1) is 25.9. The van der Waals surface area contributed by atoms with E-state index in [4.69, 9.17) is 15.9 Å². The van der Waals surface area contributed by atoms with Gasteiger partial charge in [-0.25, -0.2) is 13.4 Å². The number of hydrogen-bond acceptors (Lipinski definition) is 7. The van der Waals surface area contributed by atoms with E-state index in [1.165, 1.54) is 4.31 Å². The first-order valence-corrected chi connectivity index (χ1v) is 12.8. The van der Waals surface area contributed by atoms with Gasteiger partial charge in [-0.05, 0) is 30.9 Å². The van der Waals surface area contributed by atoms with Crippen LogP contribution in [0.5, 0.6) is 5.75 Å². The predicted molar refractivity (Wildman–Crippen MR) is 130 cm³/mol. The Balaban J connectivity index is 2.40. The van der Waals surface area contributed by atoms with E-state index in [2.05, 4.69) is 23.8 Å². The lowest BCUT2D eigenvalue weighted by Gasteiger charge is -2.17. The third-order valence-corrected chi connectivity index (χ3v) is 8.71. The summed E-state index contributed by atoms with van der Waals surface area (Å²) in [5, 5.41) is 10.6. The second-order valence-corrected chi connectivity index (χ2v) is 11.0. The maximum Gasteiger partial charge on any atom is 0.256 e. The van der Waals surface area contributed by atoms with Crippen LogP contribution in [0.1, 0.15) is 69.2 Å². The van der Waals surface area contributed by atoms with Crippen LogP contribution in [0.25, 0.3) is 0 Å². The fraction of sp³-hybridized carbons (Fsp3) is 0.524. The molecule has 0 bridgehead atoms. The van der Waals surface area contributed by atoms with Gasteiger partial charge in [-0.1, -0.05) is 34.6 Å². The molecule has 0 amide bonds. The number of thiophene rings is 1. The number of aryl methyl sites for hydroxylation is 1. The average molecular weight is 484 g/mol. The SMILES string of the molecule is CC[C@@H](N=C(N)C(N)=Nc1c(C)sc(S(=O)(=O)N(CC)CC)c1O)c1cc(C(C)C)co1. The van der Waals surface area contributed by atoms with Gasteiger partial charge in [0.1, 0.15) is 17.5 Å². The Morgan fingerprint density at radius 2 is 1.84 bits per heavy atom. The Hall–Kier alpha value is -2.37. The number of furan rings is 1. The number of nitrogens with zero attached hydrogens (tertiary/aromatic N) is 3. The molecule has 1 atom stereocenters. The Bertz CT molecular complexity index is 1100. The zero-order valence-corrected chi connectivity index (χ0v) is 21.0. The molecule has 2 rings (SSSR count). The van der Waals surface area contributed by atoms with Crippen LogP contribution >= 0.6 is 11.3 Å². The number of amidine groups is 2. The lowest BCUT2D eigenvalue weighted by Crippen LogP contribution is -2.31. The van der Waals surface area contributed by atoms with Gasteiger partial charge in [-0.2, -0.15) is 4.31 Å². The quantitative estimate of drug-likeness (QED) is 0.363. The lowest BCUT2D eigenvalue weighted by molar-refractivity contribution is 0.434. The van der Waals surface area contributed by atoms with Gasteiger partial charge in [0.25, 0.3) is 10.0 Å². The standard InChI is InChI=1S/C21H33N5O4S2/c1-7-15(16-10-14(11-30-16)12(4)5)24-19(22)20(23)25-17-13(6)31-21(18(17)27)32(28,29)26(8-2)9-3/h10-12,15,27H,7-9H2,1-6H3,(H2,22,24)(H2,23,25)/t15-/m1/s1. The van der Waals surface area contributed by atoms with Crippen LogP contribution < -0.4 is 11.5 Å². The maximum atomic E-state index is 12.8. The number of rotatable bonds is 9. The van der Waals surface area contributed by atoms with Crippen molar-refractivity contribution in [3.63, 3.8) is 0 Å². The molecule has 5 N–H and O–H groups in total. The molecule has 2 aromatic rings. The third kappa shape index (κ3) is 5.33. The summed E-state index contributed by atoms with van der Waals surface area (Å²) >= 11 is 0.943. The Morgan fingerprint density at radius 1 is 1.22 bits per heavy atom. The molecule has 0 aliphatic rings. The van der Waals surface area contributed by atoms with Gasteiger partial charge >= 0.3 is 0 Å². The molecule has 0 spiro atoms. The average Bonchev–Trinajstić information content (AvgIpc) is 3.33. The number of nitrogens with two attached hydrogens (primary N) is 2. The van der Waals surface area contributed by atoms with E-state index in [0.717, 1.165) is 16.9 Å². The third-order valence-electron chi connectivity index (χ3n) is 5.09. The van der Waals surface area contributed by atoms with Crippen LogP contribution in [0, 0.1) is 6.92 Å². The van der Waals surface area contributed by atoms with Crippen molar-refractivity contribution in [2.24, 2.45) is 21.5 Å². The molecule has 178 valence electrons. The predicted octanol–water partition coefficient (Wildman–Crippen LogP) is 4.01. The second kappa shape index (κ2) is 10.5. The molecule has 0 radical (unpaired) electrons. The van der Waals surface area contributed by atoms with Crippen molar-refractivity contribution in [3.05, 3.63) is 28.5 Å². The summed E-state index contributed by atoms with van der Waals surface area (Å²) in [6.45, 7) is 11.8. The van der Waals surface area contributed by atoms with E-state index in [0.29, 0.717) is 36.1 Å². The van der Waals surface area contributed by atoms with Gasteiger partial charge < -0.3 is 21.0 Å². The van der Waals surface area contributed by atoms with Crippen molar-refractivity contribution in [3.8, 4) is 5.75 Å². The minimum atomic E-state index is -3.84. The normalized spacial score (nSPS) is 14.5. The van der Waals surface area contributed by atoms with Crippen molar-refractivity contribution in [1.82, 2.24) is 4.31 Å². The van der Waals surface area contributed by atoms with E-state index < -0.39 is 15.8 Å². The van der Waals surface area contributed by atoms with E-state index in [-0.39, 0.29) is 27.6 Å². The largest absolute Gasteiger partial charge is 0.504 e. The van der Waals surface area contributed by atoms with Crippen LogP contribution in [-0.2, 0) is 10.0 Å². The molecule has 0 aliphatic heterocycles. The molecule has 9 nitrogen and oxygen atoms in total. The van der Waals surface area contributed by atoms with Crippen LogP contribution in [0.4, 0.5) is 5.69 Å². The molecule has 0 saturated carbocycles. The highest BCUT2D eigenvalue weighted by atomic mass is 32.2. The molecular formula is C21H33N5O4S2. The number of aromatic hydroxyl groups is 1. The Labute approximate surface area is 193 Å². The molecule has 0 aromatic carbocycles. The Kier molecular flexibility index (Phi) is 8.49. The summed E-state index contributed by atoms with van der Waals surface area (Å²) in [5.74, 6) is 0.438. The van der Waals surface area contributed by atoms with E-state index in [9.17, 15) is 13.5 Å². The van der Waals surface area contributed by atoms with Gasteiger partial charge in [0, 0.05) is 18.0 Å². The topological polar surface area (TPSA) is 148 Å². The van der Waals surface area contributed by atoms with Crippen molar-refractivity contribution < 1.29 is 17.9 Å². The minimum absolute atomic E-state index is 0.0162. The van der Waals surface area contributed by atoms with Crippen LogP contribution in [0.3, 0.4) is 0 Å². The van der Waals surface area contributed by atoms with Gasteiger partial charge in [-0.3, -0.25) is 4.99 Å². The lowest BCUT2D eigenvalue weighted by atomic mass is 10.1. The summed E-state index contributed by atoms with van der Waals surface area (Å²) in [7, 11) is -3.84. The molecule has 0 aliphatic carbocycles. The fourth-order valence-electron chi connectivity index (χ4n) is 3.10. The highest BCUT2D eigenvalue weighted by Gasteiger charge is 2.30. The molecular weight excluding hydrogens is 450 g/mol. The summed E-state index contributed by atoms with van der Waals surface area (Å²) in [4.78, 5) is 9.15. The summed E-state index contributed by atoms with van der Waals surface area (Å²) in [6, 6.07) is 1.61. The van der Waals surface area contributed by atoms with E-state index in [1.54, 1.807) is 27.0 Å². The zero-order valence-electron chi connectivity index (χ0n) is 19.4. The minimum Gasteiger partial charge on any atom is -0.504 e. The van der Waals surface area contributed by atoms with Gasteiger partial charge in [0.15, 0.2) is 21.6 Å². The molecule has 32 heavy (non-hydrogen) atoms. The first-order chi connectivity index (χ1) is 15.0. The molecule has 11 heteroatoms. The molecule has 0 fully saturated rings. The summed E-state index contributed by atoms with van der Waals surface area (Å²) in [6.07, 6.45) is 2.34. The number of sulfonamides is 1. The number of aliphatic imine (C=N–C) groups is 2. The van der Waals surface area contributed by atoms with Crippen molar-refractivity contribution >= 4 is 38.7 Å². The monoisotopic (exact) mass is 483 g/mol. The highest BCUT2D eigenvalue weighted by Crippen LogP contribution is 2.44. The zero-order chi connectivity index (χ0) is 24.2. The highest BCUT2D eigenvalue weighted by molar-refractivity contribution is 7.91. The molecule has 2 heterocycles. The molecule has 0 unspecified atom stereocenters. The Morgan fingerprint density at radius 3 is 2.34 bits per heavy atom. The van der Waals surface area contributed by atoms with Crippen molar-refractivity contribution in [2.45, 2.75) is 64.1 Å². The van der Waals surface area contributed by atoms with Gasteiger partial charge in [0.2, 0.25) is 0 Å². The smallest absolute Gasteiger partial charge is 0.256 e. The number of hydrogen-bond donors (Lipinski definition) is 3. The summed E-state index contributed by atoms with van der Waals surface area (Å²) in [5.41, 5.74) is 13.3. The maximum absolute atomic E-state index is 12.8. The van der Waals surface area contributed by atoms with Crippen LogP contribution in [0.2, 0.25) is 0 Å². The summed E-state index contributed by atoms with van der Waals surface area (Å²) < 4.78 is 32.4. The van der Waals surface area contributed by atoms with E-state index in [1.807, 2.05) is 13.0 Å². The van der Waals surface area contributed by atoms with Crippen molar-refractivity contribution in [2.75, 3.05) is 13.1 Å². The molecule has 0 saturated heterocycles. The first-order valence-electron chi connectivity index (χ1n) is 10.6. The van der Waals surface area contributed by atoms with Crippen LogP contribution in [0.15, 0.2) is 30.9 Å².